The second-order valence-corrected chi connectivity index (χ2v) is 4.82. The lowest BCUT2D eigenvalue weighted by molar-refractivity contribution is -0.115. The quantitative estimate of drug-likeness (QED) is 0.630. The van der Waals surface area contributed by atoms with Gasteiger partial charge >= 0.3 is 6.03 Å². The molecule has 0 atom stereocenters. The van der Waals surface area contributed by atoms with Crippen molar-refractivity contribution in [3.05, 3.63) is 23.7 Å². The van der Waals surface area contributed by atoms with Crippen molar-refractivity contribution in [1.82, 2.24) is 20.2 Å². The summed E-state index contributed by atoms with van der Waals surface area (Å²) in [4.78, 5) is 35.1. The molecule has 0 unspecified atom stereocenters. The summed E-state index contributed by atoms with van der Waals surface area (Å²) in [6, 6.07) is 1.30. The zero-order valence-electron chi connectivity index (χ0n) is 11.2. The largest absolute Gasteiger partial charge is 0.341 e. The first-order chi connectivity index (χ1) is 9.65. The molecule has 0 radical (unpaired) electrons. The second-order valence-electron chi connectivity index (χ2n) is 4.82. The third-order valence-electron chi connectivity index (χ3n) is 3.46. The molecule has 0 spiro atoms. The third-order valence-corrected chi connectivity index (χ3v) is 3.46. The van der Waals surface area contributed by atoms with E-state index in [1.807, 2.05) is 0 Å². The molecule has 20 heavy (non-hydrogen) atoms. The molecule has 2 fully saturated rings. The van der Waals surface area contributed by atoms with Crippen molar-refractivity contribution in [1.29, 1.82) is 0 Å². The number of urea groups is 1. The van der Waals surface area contributed by atoms with Gasteiger partial charge in [-0.3, -0.25) is 15.0 Å². The van der Waals surface area contributed by atoms with Crippen molar-refractivity contribution >= 4 is 24.0 Å². The Morgan fingerprint density at radius 2 is 2.05 bits per heavy atom. The SMILES string of the molecule is CN1C(=O)NC(=O)/C1=C/c1ccnc(N2CCCC2)n1. The Morgan fingerprint density at radius 3 is 2.70 bits per heavy atom. The summed E-state index contributed by atoms with van der Waals surface area (Å²) in [7, 11) is 1.55. The van der Waals surface area contributed by atoms with Crippen molar-refractivity contribution in [2.45, 2.75) is 12.8 Å². The molecule has 1 N–H and O–H groups in total. The first-order valence-electron chi connectivity index (χ1n) is 6.54. The molecule has 1 aromatic rings. The van der Waals surface area contributed by atoms with E-state index in [2.05, 4.69) is 20.2 Å². The number of hydrogen-bond donors (Lipinski definition) is 1. The fourth-order valence-corrected chi connectivity index (χ4v) is 2.32. The van der Waals surface area contributed by atoms with Crippen LogP contribution in [-0.4, -0.2) is 46.9 Å². The van der Waals surface area contributed by atoms with Crippen LogP contribution in [0.1, 0.15) is 18.5 Å². The molecule has 1 aromatic heterocycles. The first-order valence-corrected chi connectivity index (χ1v) is 6.54. The minimum Gasteiger partial charge on any atom is -0.341 e. The number of nitrogens with zero attached hydrogens (tertiary/aromatic N) is 4. The van der Waals surface area contributed by atoms with E-state index in [-0.39, 0.29) is 0 Å². The second kappa shape index (κ2) is 4.92. The van der Waals surface area contributed by atoms with Crippen molar-refractivity contribution in [2.24, 2.45) is 0 Å². The number of carbonyl (C=O) groups excluding carboxylic acids is 2. The Kier molecular flexibility index (Phi) is 3.09. The average Bonchev–Trinajstić information content (AvgIpc) is 3.05. The minimum atomic E-state index is -0.421. The lowest BCUT2D eigenvalue weighted by atomic mass is 10.3. The van der Waals surface area contributed by atoms with Gasteiger partial charge in [-0.15, -0.1) is 0 Å². The molecule has 2 aliphatic heterocycles. The van der Waals surface area contributed by atoms with Gasteiger partial charge in [0, 0.05) is 26.3 Å². The standard InChI is InChI=1S/C13H15N5O2/c1-17-10(11(19)16-13(17)20)8-9-4-5-14-12(15-9)18-6-2-3-7-18/h4-5,8H,2-3,6-7H2,1H3,(H,16,19,20)/b10-8-. The van der Waals surface area contributed by atoms with Crippen LogP contribution in [0.15, 0.2) is 18.0 Å². The molecule has 0 saturated carbocycles. The Hall–Kier alpha value is -2.44. The van der Waals surface area contributed by atoms with Crippen molar-refractivity contribution in [2.75, 3.05) is 25.0 Å². The molecular weight excluding hydrogens is 258 g/mol. The number of amides is 3. The number of hydrogen-bond acceptors (Lipinski definition) is 5. The average molecular weight is 273 g/mol. The van der Waals surface area contributed by atoms with E-state index in [0.29, 0.717) is 17.3 Å². The first kappa shape index (κ1) is 12.6. The van der Waals surface area contributed by atoms with Gasteiger partial charge in [0.25, 0.3) is 5.91 Å². The van der Waals surface area contributed by atoms with E-state index in [1.54, 1.807) is 25.4 Å². The van der Waals surface area contributed by atoms with Crippen LogP contribution >= 0.6 is 0 Å². The van der Waals surface area contributed by atoms with Gasteiger partial charge in [0.1, 0.15) is 5.70 Å². The Balaban J connectivity index is 1.89. The molecule has 2 aliphatic rings. The highest BCUT2D eigenvalue weighted by atomic mass is 16.2. The van der Waals surface area contributed by atoms with Crippen LogP contribution in [0.4, 0.5) is 10.7 Å². The molecule has 0 aromatic carbocycles. The summed E-state index contributed by atoms with van der Waals surface area (Å²) >= 11 is 0. The van der Waals surface area contributed by atoms with E-state index in [9.17, 15) is 9.59 Å². The summed E-state index contributed by atoms with van der Waals surface area (Å²) in [5.41, 5.74) is 0.912. The van der Waals surface area contributed by atoms with Crippen molar-refractivity contribution in [3.8, 4) is 0 Å². The number of likely N-dealkylation sites (N-methyl/N-ethyl adjacent to an activating group) is 1. The van der Waals surface area contributed by atoms with Gasteiger partial charge < -0.3 is 4.90 Å². The van der Waals surface area contributed by atoms with Gasteiger partial charge in [-0.25, -0.2) is 14.8 Å². The van der Waals surface area contributed by atoms with Crippen molar-refractivity contribution in [3.63, 3.8) is 0 Å². The Labute approximate surface area is 116 Å². The zero-order chi connectivity index (χ0) is 14.1. The number of nitrogens with one attached hydrogen (secondary N) is 1. The molecule has 104 valence electrons. The maximum atomic E-state index is 11.6. The molecule has 3 amide bonds. The molecular formula is C13H15N5O2. The summed E-state index contributed by atoms with van der Waals surface area (Å²) < 4.78 is 0. The van der Waals surface area contributed by atoms with Crippen LogP contribution in [0.2, 0.25) is 0 Å². The predicted octanol–water partition coefficient (Wildman–Crippen LogP) is 0.599. The van der Waals surface area contributed by atoms with E-state index in [0.717, 1.165) is 25.9 Å². The molecule has 7 heteroatoms. The van der Waals surface area contributed by atoms with Crippen LogP contribution < -0.4 is 10.2 Å². The number of aromatic nitrogens is 2. The summed E-state index contributed by atoms with van der Waals surface area (Å²) in [6.07, 6.45) is 5.56. The van der Waals surface area contributed by atoms with Gasteiger partial charge in [0.15, 0.2) is 0 Å². The number of anilines is 1. The summed E-state index contributed by atoms with van der Waals surface area (Å²) in [5.74, 6) is 0.267. The highest BCUT2D eigenvalue weighted by molar-refractivity contribution is 6.13. The maximum absolute atomic E-state index is 11.6. The monoisotopic (exact) mass is 273 g/mol. The molecule has 0 aliphatic carbocycles. The van der Waals surface area contributed by atoms with E-state index < -0.39 is 11.9 Å². The number of rotatable bonds is 2. The van der Waals surface area contributed by atoms with Crippen LogP contribution in [-0.2, 0) is 4.79 Å². The summed E-state index contributed by atoms with van der Waals surface area (Å²) in [5, 5.41) is 2.23. The predicted molar refractivity (Wildman–Crippen MR) is 72.8 cm³/mol. The maximum Gasteiger partial charge on any atom is 0.328 e. The number of imide groups is 1. The molecule has 3 heterocycles. The van der Waals surface area contributed by atoms with Gasteiger partial charge in [0.05, 0.1) is 5.69 Å². The van der Waals surface area contributed by atoms with Crippen LogP contribution in [0.5, 0.6) is 0 Å². The molecule has 0 bridgehead atoms. The number of carbonyl (C=O) groups is 2. The van der Waals surface area contributed by atoms with Crippen LogP contribution in [0.3, 0.4) is 0 Å². The van der Waals surface area contributed by atoms with Crippen LogP contribution in [0, 0.1) is 0 Å². The summed E-state index contributed by atoms with van der Waals surface area (Å²) in [6.45, 7) is 1.91. The van der Waals surface area contributed by atoms with Crippen molar-refractivity contribution < 1.29 is 9.59 Å². The van der Waals surface area contributed by atoms with Gasteiger partial charge in [-0.1, -0.05) is 0 Å². The molecule has 3 rings (SSSR count). The fourth-order valence-electron chi connectivity index (χ4n) is 2.32. The zero-order valence-corrected chi connectivity index (χ0v) is 11.2. The smallest absolute Gasteiger partial charge is 0.328 e. The Morgan fingerprint density at radius 1 is 1.30 bits per heavy atom. The van der Waals surface area contributed by atoms with E-state index in [1.165, 1.54) is 4.90 Å². The molecule has 2 saturated heterocycles. The fraction of sp³-hybridized carbons (Fsp3) is 0.385. The highest BCUT2D eigenvalue weighted by Gasteiger charge is 2.29. The van der Waals surface area contributed by atoms with Gasteiger partial charge in [-0.05, 0) is 25.0 Å². The highest BCUT2D eigenvalue weighted by Crippen LogP contribution is 2.18. The topological polar surface area (TPSA) is 78.4 Å². The van der Waals surface area contributed by atoms with E-state index >= 15 is 0 Å². The third kappa shape index (κ3) is 2.22. The van der Waals surface area contributed by atoms with Crippen LogP contribution in [0.25, 0.3) is 6.08 Å². The Bertz CT molecular complexity index is 592. The lowest BCUT2D eigenvalue weighted by Crippen LogP contribution is -2.24. The lowest BCUT2D eigenvalue weighted by Gasteiger charge is -2.14. The van der Waals surface area contributed by atoms with Gasteiger partial charge in [-0.2, -0.15) is 0 Å². The molecule has 7 nitrogen and oxygen atoms in total. The normalized spacial score (nSPS) is 20.9. The minimum absolute atomic E-state index is 0.293. The van der Waals surface area contributed by atoms with Gasteiger partial charge in [0.2, 0.25) is 5.95 Å². The van der Waals surface area contributed by atoms with E-state index in [4.69, 9.17) is 0 Å².